The van der Waals surface area contributed by atoms with Gasteiger partial charge in [-0.15, -0.1) is 0 Å². The first-order chi connectivity index (χ1) is 5.72. The van der Waals surface area contributed by atoms with E-state index in [0.29, 0.717) is 5.76 Å². The van der Waals surface area contributed by atoms with Crippen LogP contribution in [0.4, 0.5) is 0 Å². The van der Waals surface area contributed by atoms with E-state index in [1.165, 1.54) is 12.2 Å². The van der Waals surface area contributed by atoms with Gasteiger partial charge in [0.05, 0.1) is 6.54 Å². The van der Waals surface area contributed by atoms with Crippen LogP contribution in [-0.4, -0.2) is 18.3 Å². The number of carbonyl (C=O) groups is 2. The van der Waals surface area contributed by atoms with Gasteiger partial charge in [-0.3, -0.25) is 9.59 Å². The number of ketones is 1. The molecule has 0 fully saturated rings. The van der Waals surface area contributed by atoms with Gasteiger partial charge in [0.1, 0.15) is 5.76 Å². The number of ether oxygens (including phenoxy) is 1. The van der Waals surface area contributed by atoms with Crippen LogP contribution in [0, 0.1) is 0 Å². The van der Waals surface area contributed by atoms with E-state index in [1.54, 1.807) is 6.08 Å². The second-order valence-electron chi connectivity index (χ2n) is 2.29. The molecule has 0 unspecified atom stereocenters. The smallest absolute Gasteiger partial charge is 0.325 e. The fraction of sp³-hybridized carbons (Fsp3) is 0.250. The third-order valence-corrected chi connectivity index (χ3v) is 1.34. The predicted molar refractivity (Wildman–Crippen MR) is 42.0 cm³/mol. The van der Waals surface area contributed by atoms with Crippen molar-refractivity contribution in [2.45, 2.75) is 6.42 Å². The summed E-state index contributed by atoms with van der Waals surface area (Å²) in [5.74, 6) is -0.104. The molecular weight excluding hydrogens is 158 g/mol. The van der Waals surface area contributed by atoms with E-state index in [0.717, 1.165) is 0 Å². The third kappa shape index (κ3) is 2.32. The maximum absolute atomic E-state index is 10.7. The highest BCUT2D eigenvalue weighted by Gasteiger charge is 2.07. The van der Waals surface area contributed by atoms with E-state index in [-0.39, 0.29) is 18.7 Å². The molecule has 0 saturated heterocycles. The maximum atomic E-state index is 10.7. The molecule has 12 heavy (non-hydrogen) atoms. The van der Waals surface area contributed by atoms with E-state index in [4.69, 9.17) is 10.5 Å². The number of esters is 1. The summed E-state index contributed by atoms with van der Waals surface area (Å²) in [7, 11) is 0. The normalized spacial score (nSPS) is 15.8. The van der Waals surface area contributed by atoms with Gasteiger partial charge in [0, 0.05) is 6.42 Å². The molecule has 1 rings (SSSR count). The molecule has 4 nitrogen and oxygen atoms in total. The molecule has 1 aliphatic carbocycles. The topological polar surface area (TPSA) is 69.4 Å². The lowest BCUT2D eigenvalue weighted by atomic mass is 10.1. The van der Waals surface area contributed by atoms with Crippen molar-refractivity contribution >= 4 is 11.8 Å². The molecule has 64 valence electrons. The quantitative estimate of drug-likeness (QED) is 0.583. The van der Waals surface area contributed by atoms with Crippen LogP contribution in [0.3, 0.4) is 0 Å². The Hall–Kier alpha value is -1.42. The van der Waals surface area contributed by atoms with Gasteiger partial charge in [-0.05, 0) is 18.2 Å². The molecule has 2 N–H and O–H groups in total. The van der Waals surface area contributed by atoms with Crippen LogP contribution in [-0.2, 0) is 14.3 Å². The lowest BCUT2D eigenvalue weighted by Gasteiger charge is -2.05. The molecule has 0 heterocycles. The van der Waals surface area contributed by atoms with Crippen molar-refractivity contribution in [3.05, 3.63) is 24.0 Å². The molecule has 0 saturated carbocycles. The summed E-state index contributed by atoms with van der Waals surface area (Å²) in [5, 5.41) is 0. The van der Waals surface area contributed by atoms with Crippen molar-refractivity contribution in [3.8, 4) is 0 Å². The zero-order valence-electron chi connectivity index (χ0n) is 6.45. The van der Waals surface area contributed by atoms with Crippen molar-refractivity contribution in [2.24, 2.45) is 5.73 Å². The Kier molecular flexibility index (Phi) is 2.76. The van der Waals surface area contributed by atoms with E-state index < -0.39 is 5.97 Å². The van der Waals surface area contributed by atoms with Crippen LogP contribution in [0.2, 0.25) is 0 Å². The lowest BCUT2D eigenvalue weighted by Crippen LogP contribution is -2.16. The largest absolute Gasteiger partial charge is 0.426 e. The van der Waals surface area contributed by atoms with E-state index in [2.05, 4.69) is 0 Å². The molecule has 0 aliphatic heterocycles. The average molecular weight is 167 g/mol. The summed E-state index contributed by atoms with van der Waals surface area (Å²) < 4.78 is 4.75. The van der Waals surface area contributed by atoms with Crippen LogP contribution in [0.5, 0.6) is 0 Å². The van der Waals surface area contributed by atoms with Crippen LogP contribution < -0.4 is 5.73 Å². The third-order valence-electron chi connectivity index (χ3n) is 1.34. The second kappa shape index (κ2) is 3.82. The minimum atomic E-state index is -0.500. The molecule has 0 atom stereocenters. The SMILES string of the molecule is NCC(=O)OC1=CCC(=O)C=C1. The number of hydrogen-bond acceptors (Lipinski definition) is 4. The minimum absolute atomic E-state index is 0.00236. The van der Waals surface area contributed by atoms with Gasteiger partial charge in [-0.1, -0.05) is 0 Å². The molecule has 0 aromatic rings. The average Bonchev–Trinajstić information content (AvgIpc) is 2.09. The zero-order chi connectivity index (χ0) is 8.97. The molecular formula is C8H9NO3. The highest BCUT2D eigenvalue weighted by molar-refractivity contribution is 5.92. The van der Waals surface area contributed by atoms with Crippen LogP contribution in [0.1, 0.15) is 6.42 Å². The number of carbonyl (C=O) groups excluding carboxylic acids is 2. The first-order valence-corrected chi connectivity index (χ1v) is 3.54. The minimum Gasteiger partial charge on any atom is -0.426 e. The van der Waals surface area contributed by atoms with E-state index in [9.17, 15) is 9.59 Å². The highest BCUT2D eigenvalue weighted by Crippen LogP contribution is 2.08. The Morgan fingerprint density at radius 2 is 2.33 bits per heavy atom. The summed E-state index contributed by atoms with van der Waals surface area (Å²) in [6.07, 6.45) is 4.66. The van der Waals surface area contributed by atoms with Gasteiger partial charge in [-0.25, -0.2) is 0 Å². The van der Waals surface area contributed by atoms with E-state index >= 15 is 0 Å². The fourth-order valence-electron chi connectivity index (χ4n) is 0.761. The monoisotopic (exact) mass is 167 g/mol. The Balaban J connectivity index is 2.50. The standard InChI is InChI=1S/C8H9NO3/c9-5-8(11)12-7-3-1-6(10)2-4-7/h1,3-4H,2,5,9H2. The van der Waals surface area contributed by atoms with Crippen molar-refractivity contribution < 1.29 is 14.3 Å². The van der Waals surface area contributed by atoms with Gasteiger partial charge < -0.3 is 10.5 Å². The number of hydrogen-bond donors (Lipinski definition) is 1. The Morgan fingerprint density at radius 1 is 1.58 bits per heavy atom. The number of nitrogens with two attached hydrogens (primary N) is 1. The Bertz CT molecular complexity index is 265. The van der Waals surface area contributed by atoms with Crippen LogP contribution in [0.15, 0.2) is 24.0 Å². The molecule has 0 spiro atoms. The van der Waals surface area contributed by atoms with Crippen LogP contribution >= 0.6 is 0 Å². The summed E-state index contributed by atoms with van der Waals surface area (Å²) >= 11 is 0. The molecule has 4 heteroatoms. The Labute approximate surface area is 69.7 Å². The van der Waals surface area contributed by atoms with Gasteiger partial charge >= 0.3 is 5.97 Å². The molecule has 0 aromatic carbocycles. The van der Waals surface area contributed by atoms with Crippen LogP contribution in [0.25, 0.3) is 0 Å². The summed E-state index contributed by atoms with van der Waals surface area (Å²) in [5.41, 5.74) is 5.02. The van der Waals surface area contributed by atoms with Crippen molar-refractivity contribution in [2.75, 3.05) is 6.54 Å². The molecule has 0 amide bonds. The molecule has 0 aromatic heterocycles. The second-order valence-corrected chi connectivity index (χ2v) is 2.29. The van der Waals surface area contributed by atoms with E-state index in [1.807, 2.05) is 0 Å². The van der Waals surface area contributed by atoms with Crippen molar-refractivity contribution in [1.82, 2.24) is 0 Å². The first kappa shape index (κ1) is 8.67. The molecule has 0 radical (unpaired) electrons. The summed E-state index contributed by atoms with van der Waals surface area (Å²) in [6, 6.07) is 0. The van der Waals surface area contributed by atoms with Gasteiger partial charge in [0.2, 0.25) is 0 Å². The number of rotatable bonds is 2. The molecule has 0 bridgehead atoms. The Morgan fingerprint density at radius 3 is 2.83 bits per heavy atom. The first-order valence-electron chi connectivity index (χ1n) is 3.54. The van der Waals surface area contributed by atoms with Gasteiger partial charge in [0.25, 0.3) is 0 Å². The lowest BCUT2D eigenvalue weighted by molar-refractivity contribution is -0.137. The summed E-state index contributed by atoms with van der Waals surface area (Å²) in [4.78, 5) is 21.3. The highest BCUT2D eigenvalue weighted by atomic mass is 16.5. The molecule has 1 aliphatic rings. The summed E-state index contributed by atoms with van der Waals surface area (Å²) in [6.45, 7) is -0.154. The predicted octanol–water partition coefficient (Wildman–Crippen LogP) is -0.0988. The maximum Gasteiger partial charge on any atom is 0.325 e. The van der Waals surface area contributed by atoms with Gasteiger partial charge in [-0.2, -0.15) is 0 Å². The number of allylic oxidation sites excluding steroid dienone is 3. The van der Waals surface area contributed by atoms with Crippen molar-refractivity contribution in [3.63, 3.8) is 0 Å². The van der Waals surface area contributed by atoms with Crippen molar-refractivity contribution in [1.29, 1.82) is 0 Å². The van der Waals surface area contributed by atoms with Gasteiger partial charge in [0.15, 0.2) is 5.78 Å². The fourth-order valence-corrected chi connectivity index (χ4v) is 0.761. The zero-order valence-corrected chi connectivity index (χ0v) is 6.45.